The Labute approximate surface area is 148 Å². The second kappa shape index (κ2) is 6.79. The molecular weight excluding hydrogens is 353 g/mol. The monoisotopic (exact) mass is 374 g/mol. The number of alkyl halides is 3. The number of nitrogens with zero attached hydrogens (tertiary/aromatic N) is 1. The molecule has 0 bridgehead atoms. The van der Waals surface area contributed by atoms with E-state index >= 15 is 0 Å². The molecule has 6 nitrogen and oxygen atoms in total. The van der Waals surface area contributed by atoms with E-state index in [4.69, 9.17) is 4.74 Å². The second-order valence-corrected chi connectivity index (χ2v) is 6.50. The molecule has 0 aliphatic carbocycles. The molecule has 0 spiro atoms. The molecule has 1 aliphatic rings. The maximum atomic E-state index is 12.7. The molecule has 0 radical (unpaired) electrons. The minimum atomic E-state index is -4.51. The molecule has 0 saturated carbocycles. The lowest BCUT2D eigenvalue weighted by atomic mass is 9.91. The van der Waals surface area contributed by atoms with Gasteiger partial charge in [0.25, 0.3) is 0 Å². The normalized spacial score (nSPS) is 26.0. The summed E-state index contributed by atoms with van der Waals surface area (Å²) in [5, 5.41) is 13.0. The zero-order chi connectivity index (χ0) is 19.8. The van der Waals surface area contributed by atoms with Crippen LogP contribution in [0.4, 0.5) is 23.7 Å². The standard InChI is InChI=1S/C17H21F3N2O4/c1-4-15(2)16(3,25)22(14(24)26-15)9-8-13(23)21-12-7-5-6-11(10-12)17(18,19)20/h5-7,10,25H,4,8-9H2,1-3H3,(H,21,23). The zero-order valence-electron chi connectivity index (χ0n) is 14.7. The van der Waals surface area contributed by atoms with Gasteiger partial charge in [0.15, 0.2) is 11.3 Å². The summed E-state index contributed by atoms with van der Waals surface area (Å²) in [6.07, 6.45) is -5.09. The van der Waals surface area contributed by atoms with Crippen LogP contribution in [0.5, 0.6) is 0 Å². The van der Waals surface area contributed by atoms with E-state index in [0.29, 0.717) is 6.42 Å². The van der Waals surface area contributed by atoms with Gasteiger partial charge in [-0.1, -0.05) is 13.0 Å². The van der Waals surface area contributed by atoms with Gasteiger partial charge in [-0.25, -0.2) is 4.79 Å². The van der Waals surface area contributed by atoms with Gasteiger partial charge in [-0.05, 0) is 38.5 Å². The molecule has 1 saturated heterocycles. The van der Waals surface area contributed by atoms with Crippen molar-refractivity contribution in [2.45, 2.75) is 51.1 Å². The first-order valence-electron chi connectivity index (χ1n) is 8.11. The van der Waals surface area contributed by atoms with Crippen LogP contribution in [0.2, 0.25) is 0 Å². The van der Waals surface area contributed by atoms with Gasteiger partial charge in [0.05, 0.1) is 5.56 Å². The molecule has 26 heavy (non-hydrogen) atoms. The van der Waals surface area contributed by atoms with Crippen LogP contribution in [0.3, 0.4) is 0 Å². The Morgan fingerprint density at radius 3 is 2.54 bits per heavy atom. The van der Waals surface area contributed by atoms with Crippen molar-refractivity contribution in [1.29, 1.82) is 0 Å². The fourth-order valence-corrected chi connectivity index (χ4v) is 2.73. The molecule has 2 unspecified atom stereocenters. The van der Waals surface area contributed by atoms with Crippen molar-refractivity contribution in [1.82, 2.24) is 4.90 Å². The highest BCUT2D eigenvalue weighted by atomic mass is 19.4. The summed E-state index contributed by atoms with van der Waals surface area (Å²) in [5.41, 5.74) is -3.59. The van der Waals surface area contributed by atoms with E-state index in [0.717, 1.165) is 17.0 Å². The molecule has 2 amide bonds. The lowest BCUT2D eigenvalue weighted by molar-refractivity contribution is -0.139. The van der Waals surface area contributed by atoms with Crippen molar-refractivity contribution in [3.8, 4) is 0 Å². The summed E-state index contributed by atoms with van der Waals surface area (Å²) >= 11 is 0. The summed E-state index contributed by atoms with van der Waals surface area (Å²) in [7, 11) is 0. The molecule has 1 heterocycles. The zero-order valence-corrected chi connectivity index (χ0v) is 14.7. The molecule has 1 fully saturated rings. The number of ether oxygens (including phenoxy) is 1. The van der Waals surface area contributed by atoms with Crippen LogP contribution in [0.25, 0.3) is 0 Å². The van der Waals surface area contributed by atoms with Gasteiger partial charge < -0.3 is 15.2 Å². The van der Waals surface area contributed by atoms with Crippen molar-refractivity contribution in [2.75, 3.05) is 11.9 Å². The van der Waals surface area contributed by atoms with E-state index in [9.17, 15) is 27.9 Å². The molecule has 2 atom stereocenters. The summed E-state index contributed by atoms with van der Waals surface area (Å²) < 4.78 is 43.3. The van der Waals surface area contributed by atoms with E-state index in [2.05, 4.69) is 5.32 Å². The first-order valence-corrected chi connectivity index (χ1v) is 8.11. The Balaban J connectivity index is 2.01. The predicted molar refractivity (Wildman–Crippen MR) is 87.2 cm³/mol. The van der Waals surface area contributed by atoms with Crippen LogP contribution in [0.1, 0.15) is 39.2 Å². The maximum Gasteiger partial charge on any atom is 0.416 e. The number of aliphatic hydroxyl groups is 1. The van der Waals surface area contributed by atoms with Crippen molar-refractivity contribution < 1.29 is 32.6 Å². The van der Waals surface area contributed by atoms with Gasteiger partial charge >= 0.3 is 12.3 Å². The summed E-state index contributed by atoms with van der Waals surface area (Å²) in [5.74, 6) is -0.585. The molecule has 0 aromatic heterocycles. The number of nitrogens with one attached hydrogen (secondary N) is 1. The van der Waals surface area contributed by atoms with Gasteiger partial charge in [0, 0.05) is 18.7 Å². The van der Waals surface area contributed by atoms with Gasteiger partial charge in [-0.15, -0.1) is 0 Å². The number of carbonyl (C=O) groups is 2. The van der Waals surface area contributed by atoms with Gasteiger partial charge in [0.2, 0.25) is 5.91 Å². The average molecular weight is 374 g/mol. The van der Waals surface area contributed by atoms with E-state index in [1.807, 2.05) is 0 Å². The molecular formula is C17H21F3N2O4. The lowest BCUT2D eigenvalue weighted by Gasteiger charge is -2.36. The fourth-order valence-electron chi connectivity index (χ4n) is 2.73. The number of hydrogen-bond donors (Lipinski definition) is 2. The summed E-state index contributed by atoms with van der Waals surface area (Å²) in [6, 6.07) is 4.25. The van der Waals surface area contributed by atoms with Crippen molar-refractivity contribution in [3.63, 3.8) is 0 Å². The number of hydrogen-bond acceptors (Lipinski definition) is 4. The van der Waals surface area contributed by atoms with Crippen LogP contribution in [-0.2, 0) is 15.7 Å². The first-order chi connectivity index (χ1) is 11.9. The fraction of sp³-hybridized carbons (Fsp3) is 0.529. The number of carbonyl (C=O) groups excluding carboxylic acids is 2. The van der Waals surface area contributed by atoms with Crippen LogP contribution in [0, 0.1) is 0 Å². The quantitative estimate of drug-likeness (QED) is 0.828. The van der Waals surface area contributed by atoms with Gasteiger partial charge in [-0.3, -0.25) is 9.69 Å². The van der Waals surface area contributed by atoms with Crippen LogP contribution in [-0.4, -0.2) is 39.9 Å². The second-order valence-electron chi connectivity index (χ2n) is 6.50. The van der Waals surface area contributed by atoms with Crippen molar-refractivity contribution in [2.24, 2.45) is 0 Å². The predicted octanol–water partition coefficient (Wildman–Crippen LogP) is 3.36. The highest BCUT2D eigenvalue weighted by Gasteiger charge is 2.58. The maximum absolute atomic E-state index is 12.7. The third-order valence-corrected chi connectivity index (χ3v) is 4.77. The number of halogens is 3. The van der Waals surface area contributed by atoms with Crippen molar-refractivity contribution >= 4 is 17.7 Å². The molecule has 1 aromatic carbocycles. The third kappa shape index (κ3) is 3.77. The number of benzene rings is 1. The SMILES string of the molecule is CCC1(C)OC(=O)N(CCC(=O)Nc2cccc(C(F)(F)F)c2)C1(C)O. The highest BCUT2D eigenvalue weighted by Crippen LogP contribution is 2.39. The largest absolute Gasteiger partial charge is 0.438 e. The number of cyclic esters (lactones) is 1. The third-order valence-electron chi connectivity index (χ3n) is 4.77. The van der Waals surface area contributed by atoms with Crippen LogP contribution < -0.4 is 5.32 Å². The molecule has 1 aromatic rings. The number of amides is 2. The minimum Gasteiger partial charge on any atom is -0.438 e. The lowest BCUT2D eigenvalue weighted by Crippen LogP contribution is -2.55. The average Bonchev–Trinajstić information content (AvgIpc) is 2.70. The van der Waals surface area contributed by atoms with E-state index in [1.54, 1.807) is 13.8 Å². The minimum absolute atomic E-state index is 0.000944. The Morgan fingerprint density at radius 1 is 1.35 bits per heavy atom. The van der Waals surface area contributed by atoms with Gasteiger partial charge in [-0.2, -0.15) is 13.2 Å². The number of anilines is 1. The van der Waals surface area contributed by atoms with Crippen LogP contribution >= 0.6 is 0 Å². The molecule has 9 heteroatoms. The first kappa shape index (κ1) is 20.0. The highest BCUT2D eigenvalue weighted by molar-refractivity contribution is 5.91. The molecule has 2 N–H and O–H groups in total. The molecule has 2 rings (SSSR count). The smallest absolute Gasteiger partial charge is 0.416 e. The summed E-state index contributed by atoms with van der Waals surface area (Å²) in [4.78, 5) is 25.0. The Kier molecular flexibility index (Phi) is 5.23. The number of rotatable bonds is 5. The van der Waals surface area contributed by atoms with Crippen LogP contribution in [0.15, 0.2) is 24.3 Å². The van der Waals surface area contributed by atoms with Gasteiger partial charge in [0.1, 0.15) is 0 Å². The molecule has 1 aliphatic heterocycles. The van der Waals surface area contributed by atoms with E-state index in [-0.39, 0.29) is 18.7 Å². The van der Waals surface area contributed by atoms with E-state index in [1.165, 1.54) is 19.1 Å². The van der Waals surface area contributed by atoms with Crippen molar-refractivity contribution in [3.05, 3.63) is 29.8 Å². The topological polar surface area (TPSA) is 78.9 Å². The summed E-state index contributed by atoms with van der Waals surface area (Å²) in [6.45, 7) is 4.64. The molecule has 144 valence electrons. The van der Waals surface area contributed by atoms with E-state index < -0.39 is 35.1 Å². The Morgan fingerprint density at radius 2 is 2.00 bits per heavy atom. The Bertz CT molecular complexity index is 705. The Hall–Kier alpha value is -2.29.